The number of hydrogen-bond donors (Lipinski definition) is 1. The summed E-state index contributed by atoms with van der Waals surface area (Å²) in [5.41, 5.74) is 9.57. The molecule has 6 aromatic rings. The predicted octanol–water partition coefficient (Wildman–Crippen LogP) is 11.8. The minimum atomic E-state index is -0.0169. The fourth-order valence-corrected chi connectivity index (χ4v) is 9.67. The molecule has 2 heterocycles. The molecule has 8 heteroatoms. The Morgan fingerprint density at radius 3 is 1.37 bits per heavy atom. The molecule has 4 aliphatic rings. The van der Waals surface area contributed by atoms with Crippen molar-refractivity contribution in [2.45, 2.75) is 95.6 Å². The van der Waals surface area contributed by atoms with Crippen molar-refractivity contribution in [2.24, 2.45) is 11.8 Å². The third-order valence-corrected chi connectivity index (χ3v) is 13.0. The Labute approximate surface area is 365 Å². The van der Waals surface area contributed by atoms with Gasteiger partial charge in [-0.25, -0.2) is 0 Å². The smallest absolute Gasteiger partial charge is 0.128 e. The quantitative estimate of drug-likeness (QED) is 0.103. The number of hydrogen-bond acceptors (Lipinski definition) is 8. The highest BCUT2D eigenvalue weighted by Gasteiger charge is 2.51. The summed E-state index contributed by atoms with van der Waals surface area (Å²) in [6.07, 6.45) is 7.52. The molecule has 4 fully saturated rings. The molecule has 8 unspecified atom stereocenters. The topological polar surface area (TPSA) is 79.5 Å². The molecule has 62 heavy (non-hydrogen) atoms. The zero-order valence-corrected chi connectivity index (χ0v) is 35.8. The number of aliphatic hydroxyl groups excluding tert-OH is 1. The Kier molecular flexibility index (Phi) is 11.4. The minimum absolute atomic E-state index is 0.0169. The fourth-order valence-electron chi connectivity index (χ4n) is 9.67. The number of aliphatic hydroxyl groups is 1. The van der Waals surface area contributed by atoms with E-state index in [9.17, 15) is 5.11 Å². The summed E-state index contributed by atoms with van der Waals surface area (Å²) in [6, 6.07) is 50.8. The monoisotopic (exact) mass is 828 g/mol. The average molecular weight is 829 g/mol. The van der Waals surface area contributed by atoms with Gasteiger partial charge in [-0.2, -0.15) is 0 Å². The van der Waals surface area contributed by atoms with Crippen molar-refractivity contribution in [1.29, 1.82) is 0 Å². The van der Waals surface area contributed by atoms with Crippen LogP contribution in [0, 0.1) is 11.8 Å². The predicted molar refractivity (Wildman–Crippen MR) is 245 cm³/mol. The van der Waals surface area contributed by atoms with Crippen LogP contribution >= 0.6 is 0 Å². The van der Waals surface area contributed by atoms with Gasteiger partial charge in [-0.1, -0.05) is 56.3 Å². The Hall–Kier alpha value is -5.80. The molecule has 10 rings (SSSR count). The highest BCUT2D eigenvalue weighted by Crippen LogP contribution is 2.44. The lowest BCUT2D eigenvalue weighted by atomic mass is 9.89. The Balaban J connectivity index is 0.831. The fraction of sp³-hybridized carbons (Fsp3) is 0.333. The lowest BCUT2D eigenvalue weighted by Gasteiger charge is -2.27. The number of benzene rings is 6. The first-order valence-corrected chi connectivity index (χ1v) is 22.3. The third-order valence-electron chi connectivity index (χ3n) is 13.0. The molecule has 6 aromatic carbocycles. The number of nitrogens with zero attached hydrogens (tertiary/aromatic N) is 2. The second-order valence-corrected chi connectivity index (χ2v) is 17.8. The van der Waals surface area contributed by atoms with Crippen LogP contribution in [0.3, 0.4) is 0 Å². The minimum Gasteiger partial charge on any atom is -0.497 e. The molecule has 318 valence electrons. The summed E-state index contributed by atoms with van der Waals surface area (Å²) in [6.45, 7) is 4.55. The van der Waals surface area contributed by atoms with Crippen LogP contribution < -0.4 is 24.0 Å². The molecular formula is C54H56N2O6. The van der Waals surface area contributed by atoms with E-state index in [1.807, 2.05) is 30.3 Å². The van der Waals surface area contributed by atoms with Crippen LogP contribution in [0.15, 0.2) is 146 Å². The van der Waals surface area contributed by atoms with Gasteiger partial charge in [-0.05, 0) is 164 Å². The molecule has 2 saturated heterocycles. The van der Waals surface area contributed by atoms with Crippen molar-refractivity contribution in [3.8, 4) is 17.2 Å². The highest BCUT2D eigenvalue weighted by molar-refractivity contribution is 5.78. The number of rotatable bonds is 15. The maximum atomic E-state index is 9.99. The number of fused-ring (bicyclic) bond motifs is 2. The normalized spacial score (nSPS) is 24.6. The van der Waals surface area contributed by atoms with Crippen LogP contribution in [-0.2, 0) is 28.9 Å². The number of ether oxygens (including phenoxy) is 5. The maximum absolute atomic E-state index is 9.99. The van der Waals surface area contributed by atoms with Gasteiger partial charge in [0.2, 0.25) is 0 Å². The van der Waals surface area contributed by atoms with Gasteiger partial charge < -0.3 is 38.6 Å². The molecule has 0 spiro atoms. The lowest BCUT2D eigenvalue weighted by molar-refractivity contribution is 0.132. The van der Waals surface area contributed by atoms with E-state index in [1.165, 1.54) is 11.1 Å². The molecule has 0 bridgehead atoms. The molecular weight excluding hydrogens is 773 g/mol. The van der Waals surface area contributed by atoms with Gasteiger partial charge in [0, 0.05) is 40.2 Å². The van der Waals surface area contributed by atoms with E-state index in [1.54, 1.807) is 7.11 Å². The zero-order chi connectivity index (χ0) is 42.2. The second-order valence-electron chi connectivity index (χ2n) is 17.8. The van der Waals surface area contributed by atoms with Gasteiger partial charge >= 0.3 is 0 Å². The van der Waals surface area contributed by atoms with Crippen molar-refractivity contribution in [3.05, 3.63) is 162 Å². The van der Waals surface area contributed by atoms with E-state index in [4.69, 9.17) is 23.7 Å². The average Bonchev–Trinajstić information content (AvgIpc) is 4.25. The molecule has 0 aromatic heterocycles. The van der Waals surface area contributed by atoms with Crippen LogP contribution in [0.1, 0.15) is 56.2 Å². The molecule has 0 radical (unpaired) electrons. The van der Waals surface area contributed by atoms with Gasteiger partial charge in [-0.3, -0.25) is 0 Å². The van der Waals surface area contributed by atoms with Gasteiger partial charge in [0.05, 0.1) is 25.9 Å². The molecule has 2 aliphatic heterocycles. The SMILES string of the molecule is COc1cccc(N(c2ccc(CCc3ccc(N(c4ccc(OC5CC(C)CC6OC56)cc4)c4cccc(CO)c4)cc3)cc2)c2ccc(OC3CC(C)CC4OC34)cc2)c1. The molecule has 8 nitrogen and oxygen atoms in total. The van der Waals surface area contributed by atoms with Crippen LogP contribution in [0.25, 0.3) is 0 Å². The molecule has 2 aliphatic carbocycles. The first-order valence-electron chi connectivity index (χ1n) is 22.3. The molecule has 2 saturated carbocycles. The number of epoxide rings is 2. The van der Waals surface area contributed by atoms with Crippen molar-refractivity contribution in [3.63, 3.8) is 0 Å². The Morgan fingerprint density at radius 1 is 0.484 bits per heavy atom. The van der Waals surface area contributed by atoms with Crippen LogP contribution in [0.5, 0.6) is 17.2 Å². The number of anilines is 6. The number of aryl methyl sites for hydroxylation is 2. The van der Waals surface area contributed by atoms with Gasteiger partial charge in [-0.15, -0.1) is 0 Å². The van der Waals surface area contributed by atoms with Crippen LogP contribution in [0.2, 0.25) is 0 Å². The van der Waals surface area contributed by atoms with E-state index in [-0.39, 0.29) is 31.0 Å². The van der Waals surface area contributed by atoms with Gasteiger partial charge in [0.15, 0.2) is 0 Å². The van der Waals surface area contributed by atoms with Crippen molar-refractivity contribution in [2.75, 3.05) is 16.9 Å². The maximum Gasteiger partial charge on any atom is 0.128 e. The zero-order valence-electron chi connectivity index (χ0n) is 35.8. The largest absolute Gasteiger partial charge is 0.497 e. The third kappa shape index (κ3) is 8.91. The molecule has 8 atom stereocenters. The second kappa shape index (κ2) is 17.5. The summed E-state index contributed by atoms with van der Waals surface area (Å²) in [5.74, 6) is 3.76. The summed E-state index contributed by atoms with van der Waals surface area (Å²) >= 11 is 0. The molecule has 1 N–H and O–H groups in total. The first kappa shape index (κ1) is 40.3. The van der Waals surface area contributed by atoms with Crippen molar-refractivity contribution < 1.29 is 28.8 Å². The van der Waals surface area contributed by atoms with Gasteiger partial charge in [0.1, 0.15) is 41.7 Å². The van der Waals surface area contributed by atoms with Crippen molar-refractivity contribution in [1.82, 2.24) is 0 Å². The van der Waals surface area contributed by atoms with E-state index < -0.39 is 0 Å². The van der Waals surface area contributed by atoms with Gasteiger partial charge in [0.25, 0.3) is 0 Å². The Morgan fingerprint density at radius 2 is 0.919 bits per heavy atom. The standard InChI is InChI=1S/C54H56N2O6/c1-35-28-49(53-51(30-35)61-53)59-46-24-20-42(21-25-46)55(44-7-4-6-39(32-44)34-57)40-16-12-37(13-17-40)10-11-38-14-18-41(19-15-38)56(45-8-5-9-48(33-45)58-3)43-22-26-47(27-23-43)60-50-29-36(2)31-52-54(50)62-52/h4-9,12-27,32-33,35-36,49-54,57H,10-11,28-31,34H2,1-3H3. The molecule has 0 amide bonds. The van der Waals surface area contributed by atoms with E-state index in [0.717, 1.165) is 95.5 Å². The summed E-state index contributed by atoms with van der Waals surface area (Å²) in [7, 11) is 1.70. The highest BCUT2D eigenvalue weighted by atomic mass is 16.6. The van der Waals surface area contributed by atoms with Crippen molar-refractivity contribution >= 4 is 34.1 Å². The van der Waals surface area contributed by atoms with E-state index in [2.05, 4.69) is 139 Å². The summed E-state index contributed by atoms with van der Waals surface area (Å²) in [5, 5.41) is 9.99. The first-order chi connectivity index (χ1) is 30.4. The summed E-state index contributed by atoms with van der Waals surface area (Å²) < 4.78 is 30.3. The Bertz CT molecular complexity index is 2270. The lowest BCUT2D eigenvalue weighted by Crippen LogP contribution is -2.31. The van der Waals surface area contributed by atoms with Crippen LogP contribution in [-0.4, -0.2) is 48.8 Å². The van der Waals surface area contributed by atoms with Crippen LogP contribution in [0.4, 0.5) is 34.1 Å². The van der Waals surface area contributed by atoms with E-state index in [0.29, 0.717) is 24.0 Å². The summed E-state index contributed by atoms with van der Waals surface area (Å²) in [4.78, 5) is 4.49. The number of methoxy groups -OCH3 is 1. The van der Waals surface area contributed by atoms with E-state index >= 15 is 0 Å².